The Bertz CT molecular complexity index is 387. The van der Waals surface area contributed by atoms with E-state index in [1.807, 2.05) is 0 Å². The number of hydrogen-bond acceptors (Lipinski definition) is 2. The fourth-order valence-corrected chi connectivity index (χ4v) is 4.87. The summed E-state index contributed by atoms with van der Waals surface area (Å²) in [5.74, 6) is 1.84. The molecule has 1 N–H and O–H groups in total. The van der Waals surface area contributed by atoms with Crippen LogP contribution in [0.1, 0.15) is 78.6 Å². The van der Waals surface area contributed by atoms with Crippen LogP contribution >= 0.6 is 0 Å². The maximum absolute atomic E-state index is 13.2. The molecule has 1 spiro atoms. The first-order valence-corrected chi connectivity index (χ1v) is 9.12. The minimum Gasteiger partial charge on any atom is -0.323 e. The zero-order chi connectivity index (χ0) is 15.0. The number of hydrogen-bond donors (Lipinski definition) is 1. The van der Waals surface area contributed by atoms with E-state index in [1.165, 1.54) is 38.5 Å². The summed E-state index contributed by atoms with van der Waals surface area (Å²) in [6.45, 7) is 6.89. The molecule has 0 aromatic carbocycles. The van der Waals surface area contributed by atoms with Crippen molar-refractivity contribution in [3.05, 3.63) is 0 Å². The Morgan fingerprint density at radius 1 is 1.24 bits per heavy atom. The largest absolute Gasteiger partial charge is 0.323 e. The molecule has 1 saturated heterocycles. The first-order chi connectivity index (χ1) is 10.0. The fraction of sp³-hybridized carbons (Fsp3) is 0.944. The van der Waals surface area contributed by atoms with Crippen LogP contribution in [-0.2, 0) is 4.79 Å². The summed E-state index contributed by atoms with van der Waals surface area (Å²) in [6.07, 6.45) is 11.0. The van der Waals surface area contributed by atoms with Crippen molar-refractivity contribution in [3.63, 3.8) is 0 Å². The minimum atomic E-state index is -0.194. The second-order valence-corrected chi connectivity index (χ2v) is 8.22. The van der Waals surface area contributed by atoms with Crippen LogP contribution in [0.2, 0.25) is 0 Å². The van der Waals surface area contributed by atoms with Crippen molar-refractivity contribution < 1.29 is 4.79 Å². The molecule has 2 aliphatic carbocycles. The fourth-order valence-electron chi connectivity index (χ4n) is 4.87. The van der Waals surface area contributed by atoms with Gasteiger partial charge >= 0.3 is 0 Å². The predicted octanol–water partition coefficient (Wildman–Crippen LogP) is 3.68. The Hall–Kier alpha value is -0.570. The topological polar surface area (TPSA) is 32.3 Å². The summed E-state index contributed by atoms with van der Waals surface area (Å²) in [5, 5.41) is 3.79. The highest BCUT2D eigenvalue weighted by molar-refractivity contribution is 5.89. The van der Waals surface area contributed by atoms with Crippen molar-refractivity contribution in [3.8, 4) is 0 Å². The van der Waals surface area contributed by atoms with E-state index in [0.717, 1.165) is 25.2 Å². The maximum Gasteiger partial charge on any atom is 0.244 e. The van der Waals surface area contributed by atoms with Gasteiger partial charge in [0, 0.05) is 6.04 Å². The van der Waals surface area contributed by atoms with Crippen LogP contribution in [0.3, 0.4) is 0 Å². The average molecular weight is 292 g/mol. The number of nitrogens with zero attached hydrogens (tertiary/aromatic N) is 1. The lowest BCUT2D eigenvalue weighted by molar-refractivity contribution is -0.136. The zero-order valence-corrected chi connectivity index (χ0v) is 14.0. The molecule has 3 unspecified atom stereocenters. The smallest absolute Gasteiger partial charge is 0.244 e. The molecule has 3 atom stereocenters. The van der Waals surface area contributed by atoms with Crippen LogP contribution in [-0.4, -0.2) is 28.6 Å². The Kier molecular flexibility index (Phi) is 4.31. The number of carbonyl (C=O) groups excluding carboxylic acids is 1. The molecular formula is C18H32N2O. The molecule has 0 aromatic heterocycles. The van der Waals surface area contributed by atoms with Crippen molar-refractivity contribution in [1.29, 1.82) is 0 Å². The summed E-state index contributed by atoms with van der Waals surface area (Å²) in [5.41, 5.74) is -0.194. The molecule has 1 aliphatic heterocycles. The minimum absolute atomic E-state index is 0.194. The van der Waals surface area contributed by atoms with Crippen molar-refractivity contribution in [2.45, 2.75) is 96.3 Å². The molecule has 21 heavy (non-hydrogen) atoms. The zero-order valence-electron chi connectivity index (χ0n) is 14.0. The average Bonchev–Trinajstić information content (AvgIpc) is 2.97. The van der Waals surface area contributed by atoms with Crippen molar-refractivity contribution in [2.75, 3.05) is 0 Å². The van der Waals surface area contributed by atoms with Gasteiger partial charge in [0.15, 0.2) is 0 Å². The molecule has 3 rings (SSSR count). The van der Waals surface area contributed by atoms with Crippen LogP contribution < -0.4 is 5.32 Å². The Morgan fingerprint density at radius 3 is 2.57 bits per heavy atom. The summed E-state index contributed by atoms with van der Waals surface area (Å²) < 4.78 is 0. The summed E-state index contributed by atoms with van der Waals surface area (Å²) in [6, 6.07) is 0.484. The second kappa shape index (κ2) is 5.91. The van der Waals surface area contributed by atoms with Gasteiger partial charge < -0.3 is 4.90 Å². The predicted molar refractivity (Wildman–Crippen MR) is 85.8 cm³/mol. The van der Waals surface area contributed by atoms with E-state index in [4.69, 9.17) is 0 Å². The van der Waals surface area contributed by atoms with Gasteiger partial charge in [0.1, 0.15) is 0 Å². The lowest BCUT2D eigenvalue weighted by atomic mass is 9.85. The highest BCUT2D eigenvalue weighted by Gasteiger charge is 2.54. The summed E-state index contributed by atoms with van der Waals surface area (Å²) in [7, 11) is 0. The van der Waals surface area contributed by atoms with Crippen molar-refractivity contribution >= 4 is 5.91 Å². The normalized spacial score (nSPS) is 36.1. The van der Waals surface area contributed by atoms with E-state index in [-0.39, 0.29) is 11.7 Å². The molecule has 0 aromatic rings. The lowest BCUT2D eigenvalue weighted by Crippen LogP contribution is -2.47. The van der Waals surface area contributed by atoms with Gasteiger partial charge in [-0.05, 0) is 43.9 Å². The van der Waals surface area contributed by atoms with Crippen LogP contribution in [0.5, 0.6) is 0 Å². The quantitative estimate of drug-likeness (QED) is 0.860. The standard InChI is InChI=1S/C18H32N2O/c1-13(2)11-16-19-18(9-4-5-10-18)17(21)20(16)15-8-6-7-14(3)12-15/h13-16,19H,4-12H2,1-3H3. The molecule has 0 radical (unpaired) electrons. The van der Waals surface area contributed by atoms with Gasteiger partial charge in [-0.1, -0.05) is 46.5 Å². The van der Waals surface area contributed by atoms with E-state index in [1.54, 1.807) is 0 Å². The first-order valence-electron chi connectivity index (χ1n) is 9.12. The number of rotatable bonds is 3. The number of nitrogens with one attached hydrogen (secondary N) is 1. The maximum atomic E-state index is 13.2. The van der Waals surface area contributed by atoms with Gasteiger partial charge in [0.05, 0.1) is 11.7 Å². The Labute approximate surface area is 129 Å². The highest BCUT2D eigenvalue weighted by Crippen LogP contribution is 2.41. The van der Waals surface area contributed by atoms with Gasteiger partial charge in [-0.25, -0.2) is 0 Å². The summed E-state index contributed by atoms with van der Waals surface area (Å²) >= 11 is 0. The SMILES string of the molecule is CC(C)CC1NC2(CCCC2)C(=O)N1C1CCCC(C)C1. The molecule has 3 fully saturated rings. The van der Waals surface area contributed by atoms with Gasteiger partial charge in [-0.15, -0.1) is 0 Å². The van der Waals surface area contributed by atoms with Gasteiger partial charge in [-0.2, -0.15) is 0 Å². The number of carbonyl (C=O) groups is 1. The summed E-state index contributed by atoms with van der Waals surface area (Å²) in [4.78, 5) is 15.5. The van der Waals surface area contributed by atoms with Gasteiger partial charge in [0.2, 0.25) is 5.91 Å². The molecule has 3 heteroatoms. The van der Waals surface area contributed by atoms with Crippen LogP contribution in [0, 0.1) is 11.8 Å². The van der Waals surface area contributed by atoms with Crippen LogP contribution in [0.4, 0.5) is 0 Å². The number of amides is 1. The lowest BCUT2D eigenvalue weighted by Gasteiger charge is -2.38. The van der Waals surface area contributed by atoms with Crippen molar-refractivity contribution in [2.24, 2.45) is 11.8 Å². The molecule has 1 heterocycles. The molecule has 1 amide bonds. The molecule has 0 bridgehead atoms. The molecular weight excluding hydrogens is 260 g/mol. The van der Waals surface area contributed by atoms with E-state index in [2.05, 4.69) is 31.0 Å². The van der Waals surface area contributed by atoms with Gasteiger partial charge in [0.25, 0.3) is 0 Å². The van der Waals surface area contributed by atoms with E-state index >= 15 is 0 Å². The molecule has 3 nitrogen and oxygen atoms in total. The molecule has 2 saturated carbocycles. The van der Waals surface area contributed by atoms with E-state index in [0.29, 0.717) is 17.9 Å². The van der Waals surface area contributed by atoms with Gasteiger partial charge in [-0.3, -0.25) is 10.1 Å². The molecule has 3 aliphatic rings. The van der Waals surface area contributed by atoms with Crippen molar-refractivity contribution in [1.82, 2.24) is 10.2 Å². The van der Waals surface area contributed by atoms with E-state index in [9.17, 15) is 4.79 Å². The third-order valence-electron chi connectivity index (χ3n) is 5.88. The third kappa shape index (κ3) is 2.86. The monoisotopic (exact) mass is 292 g/mol. The Morgan fingerprint density at radius 2 is 1.95 bits per heavy atom. The highest BCUT2D eigenvalue weighted by atomic mass is 16.2. The molecule has 120 valence electrons. The second-order valence-electron chi connectivity index (χ2n) is 8.22. The first kappa shape index (κ1) is 15.3. The van der Waals surface area contributed by atoms with Crippen LogP contribution in [0.15, 0.2) is 0 Å². The third-order valence-corrected chi connectivity index (χ3v) is 5.88. The van der Waals surface area contributed by atoms with E-state index < -0.39 is 0 Å². The van der Waals surface area contributed by atoms with Crippen LogP contribution in [0.25, 0.3) is 0 Å². The Balaban J connectivity index is 1.81.